The van der Waals surface area contributed by atoms with Crippen LogP contribution in [-0.4, -0.2) is 43.9 Å². The second kappa shape index (κ2) is 8.42. The molecule has 3 aromatic rings. The average molecular weight is 408 g/mol. The van der Waals surface area contributed by atoms with Gasteiger partial charge >= 0.3 is 0 Å². The van der Waals surface area contributed by atoms with Crippen LogP contribution in [0.25, 0.3) is 11.4 Å². The number of ketones is 1. The van der Waals surface area contributed by atoms with Gasteiger partial charge in [-0.25, -0.2) is 0 Å². The first-order valence-electron chi connectivity index (χ1n) is 9.62. The van der Waals surface area contributed by atoms with E-state index in [1.807, 2.05) is 0 Å². The molecule has 1 N–H and O–H groups in total. The molecule has 0 atom stereocenters. The number of carbonyl (C=O) groups is 1. The Kier molecular flexibility index (Phi) is 5.53. The molecule has 1 aliphatic heterocycles. The van der Waals surface area contributed by atoms with Gasteiger partial charge in [0.2, 0.25) is 11.7 Å². The molecular formula is C21H20N4O5. The van der Waals surface area contributed by atoms with Crippen molar-refractivity contribution in [3.63, 3.8) is 0 Å². The fourth-order valence-corrected chi connectivity index (χ4v) is 3.57. The van der Waals surface area contributed by atoms with Crippen LogP contribution >= 0.6 is 0 Å². The lowest BCUT2D eigenvalue weighted by Crippen LogP contribution is -2.36. The molecule has 0 bridgehead atoms. The fraction of sp³-hybridized carbons (Fsp3) is 0.286. The van der Waals surface area contributed by atoms with E-state index in [1.165, 1.54) is 24.3 Å². The molecule has 0 spiro atoms. The molecule has 154 valence electrons. The highest BCUT2D eigenvalue weighted by molar-refractivity contribution is 5.98. The first-order valence-corrected chi connectivity index (χ1v) is 9.62. The minimum atomic E-state index is -0.457. The van der Waals surface area contributed by atoms with E-state index < -0.39 is 4.92 Å². The van der Waals surface area contributed by atoms with E-state index in [2.05, 4.69) is 15.0 Å². The summed E-state index contributed by atoms with van der Waals surface area (Å²) in [6.45, 7) is 1.97. The molecule has 4 rings (SSSR count). The van der Waals surface area contributed by atoms with Crippen LogP contribution in [0.5, 0.6) is 5.75 Å². The predicted molar refractivity (Wildman–Crippen MR) is 107 cm³/mol. The third kappa shape index (κ3) is 4.36. The normalized spacial score (nSPS) is 15.2. The molecule has 1 aliphatic rings. The van der Waals surface area contributed by atoms with Crippen molar-refractivity contribution in [3.05, 3.63) is 70.1 Å². The Labute approximate surface area is 172 Å². The van der Waals surface area contributed by atoms with Gasteiger partial charge in [0, 0.05) is 29.2 Å². The van der Waals surface area contributed by atoms with E-state index in [0.717, 1.165) is 25.9 Å². The molecule has 0 radical (unpaired) electrons. The zero-order valence-electron chi connectivity index (χ0n) is 16.1. The van der Waals surface area contributed by atoms with Crippen LogP contribution in [-0.2, 0) is 6.54 Å². The van der Waals surface area contributed by atoms with Crippen LogP contribution in [0, 0.1) is 16.0 Å². The molecule has 1 fully saturated rings. The maximum absolute atomic E-state index is 12.6. The van der Waals surface area contributed by atoms with Gasteiger partial charge in [0.25, 0.3) is 5.69 Å². The SMILES string of the molecule is O=C(c1ccc(O)cc1)C1CCN(Cc2nc(-c3ccc([N+](=O)[O-])cc3)no2)CC1. The third-order valence-corrected chi connectivity index (χ3v) is 5.27. The Bertz CT molecular complexity index is 1040. The van der Waals surface area contributed by atoms with Crippen molar-refractivity contribution in [2.24, 2.45) is 5.92 Å². The summed E-state index contributed by atoms with van der Waals surface area (Å²) in [6.07, 6.45) is 1.48. The van der Waals surface area contributed by atoms with Crippen molar-refractivity contribution in [2.45, 2.75) is 19.4 Å². The number of phenols is 1. The van der Waals surface area contributed by atoms with Gasteiger partial charge in [-0.05, 0) is 62.3 Å². The first kappa shape index (κ1) is 19.7. The number of aromatic nitrogens is 2. The van der Waals surface area contributed by atoms with Gasteiger partial charge in [-0.15, -0.1) is 0 Å². The van der Waals surface area contributed by atoms with Crippen LogP contribution in [0.15, 0.2) is 53.1 Å². The average Bonchev–Trinajstić information content (AvgIpc) is 3.23. The van der Waals surface area contributed by atoms with E-state index in [0.29, 0.717) is 29.4 Å². The molecule has 0 unspecified atom stereocenters. The smallest absolute Gasteiger partial charge is 0.269 e. The minimum absolute atomic E-state index is 0.00666. The maximum Gasteiger partial charge on any atom is 0.269 e. The molecule has 2 aromatic carbocycles. The third-order valence-electron chi connectivity index (χ3n) is 5.27. The summed E-state index contributed by atoms with van der Waals surface area (Å²) in [7, 11) is 0. The number of hydrogen-bond acceptors (Lipinski definition) is 8. The quantitative estimate of drug-likeness (QED) is 0.374. The predicted octanol–water partition coefficient (Wildman–Crippen LogP) is 3.45. The van der Waals surface area contributed by atoms with Crippen LogP contribution in [0.1, 0.15) is 29.1 Å². The zero-order chi connectivity index (χ0) is 21.1. The Balaban J connectivity index is 1.33. The minimum Gasteiger partial charge on any atom is -0.508 e. The number of aromatic hydroxyl groups is 1. The Hall–Kier alpha value is -3.59. The Morgan fingerprint density at radius 3 is 2.43 bits per heavy atom. The fourth-order valence-electron chi connectivity index (χ4n) is 3.57. The zero-order valence-corrected chi connectivity index (χ0v) is 16.1. The van der Waals surface area contributed by atoms with Crippen molar-refractivity contribution in [1.29, 1.82) is 0 Å². The summed E-state index contributed by atoms with van der Waals surface area (Å²) in [6, 6.07) is 12.4. The lowest BCUT2D eigenvalue weighted by molar-refractivity contribution is -0.384. The largest absolute Gasteiger partial charge is 0.508 e. The number of phenolic OH excluding ortho intramolecular Hbond substituents is 1. The number of hydrogen-bond donors (Lipinski definition) is 1. The number of non-ortho nitro benzene ring substituents is 1. The van der Waals surface area contributed by atoms with E-state index in [9.17, 15) is 20.0 Å². The molecule has 0 aliphatic carbocycles. The van der Waals surface area contributed by atoms with Gasteiger partial charge < -0.3 is 9.63 Å². The number of benzene rings is 2. The van der Waals surface area contributed by atoms with Crippen molar-refractivity contribution < 1.29 is 19.3 Å². The van der Waals surface area contributed by atoms with Crippen LogP contribution < -0.4 is 0 Å². The highest BCUT2D eigenvalue weighted by Gasteiger charge is 2.26. The van der Waals surface area contributed by atoms with Gasteiger partial charge in [0.15, 0.2) is 5.78 Å². The van der Waals surface area contributed by atoms with Gasteiger partial charge in [-0.1, -0.05) is 5.16 Å². The summed E-state index contributed by atoms with van der Waals surface area (Å²) >= 11 is 0. The molecule has 2 heterocycles. The molecule has 30 heavy (non-hydrogen) atoms. The molecule has 1 saturated heterocycles. The van der Waals surface area contributed by atoms with E-state index in [-0.39, 0.29) is 23.1 Å². The van der Waals surface area contributed by atoms with Crippen LogP contribution in [0.4, 0.5) is 5.69 Å². The number of nitrogens with zero attached hydrogens (tertiary/aromatic N) is 4. The van der Waals surface area contributed by atoms with Crippen molar-refractivity contribution in [1.82, 2.24) is 15.0 Å². The van der Waals surface area contributed by atoms with Crippen LogP contribution in [0.2, 0.25) is 0 Å². The van der Waals surface area contributed by atoms with Gasteiger partial charge in [0.05, 0.1) is 11.5 Å². The highest BCUT2D eigenvalue weighted by Crippen LogP contribution is 2.25. The first-order chi connectivity index (χ1) is 14.5. The topological polar surface area (TPSA) is 123 Å². The second-order valence-corrected chi connectivity index (χ2v) is 7.28. The number of Topliss-reactive ketones (excluding diaryl/α,β-unsaturated/α-hetero) is 1. The summed E-state index contributed by atoms with van der Waals surface area (Å²) < 4.78 is 5.33. The lowest BCUT2D eigenvalue weighted by atomic mass is 9.89. The number of likely N-dealkylation sites (tertiary alicyclic amines) is 1. The summed E-state index contributed by atoms with van der Waals surface area (Å²) in [5, 5.41) is 24.1. The monoisotopic (exact) mass is 408 g/mol. The van der Waals surface area contributed by atoms with Gasteiger partial charge in [-0.3, -0.25) is 19.8 Å². The highest BCUT2D eigenvalue weighted by atomic mass is 16.6. The summed E-state index contributed by atoms with van der Waals surface area (Å²) in [5.41, 5.74) is 1.27. The summed E-state index contributed by atoms with van der Waals surface area (Å²) in [4.78, 5) is 29.5. The molecule has 9 heteroatoms. The Morgan fingerprint density at radius 1 is 1.13 bits per heavy atom. The van der Waals surface area contributed by atoms with Crippen LogP contribution in [0.3, 0.4) is 0 Å². The second-order valence-electron chi connectivity index (χ2n) is 7.28. The molecule has 9 nitrogen and oxygen atoms in total. The van der Waals surface area contributed by atoms with Crippen molar-refractivity contribution >= 4 is 11.5 Å². The standard InChI is InChI=1S/C21H20N4O5/c26-18-7-3-14(4-8-18)20(27)15-9-11-24(12-10-15)13-19-22-21(23-30-19)16-1-5-17(6-2-16)25(28)29/h1-8,15,26H,9-13H2. The van der Waals surface area contributed by atoms with E-state index in [4.69, 9.17) is 4.52 Å². The maximum atomic E-state index is 12.6. The number of nitro benzene ring substituents is 1. The molecule has 0 saturated carbocycles. The number of piperidine rings is 1. The van der Waals surface area contributed by atoms with Crippen molar-refractivity contribution in [3.8, 4) is 17.1 Å². The molecule has 1 aromatic heterocycles. The molecular weight excluding hydrogens is 388 g/mol. The lowest BCUT2D eigenvalue weighted by Gasteiger charge is -2.30. The van der Waals surface area contributed by atoms with Gasteiger partial charge in [0.1, 0.15) is 5.75 Å². The number of nitro groups is 1. The van der Waals surface area contributed by atoms with E-state index in [1.54, 1.807) is 24.3 Å². The van der Waals surface area contributed by atoms with Gasteiger partial charge in [-0.2, -0.15) is 4.98 Å². The summed E-state index contributed by atoms with van der Waals surface area (Å²) in [5.74, 6) is 1.06. The number of rotatable bonds is 6. The van der Waals surface area contributed by atoms with Crippen molar-refractivity contribution in [2.75, 3.05) is 13.1 Å². The number of carbonyl (C=O) groups excluding carboxylic acids is 1. The molecule has 0 amide bonds. The Morgan fingerprint density at radius 2 is 1.80 bits per heavy atom. The van der Waals surface area contributed by atoms with E-state index >= 15 is 0 Å².